The van der Waals surface area contributed by atoms with Gasteiger partial charge < -0.3 is 9.84 Å². The number of rotatable bonds is 4. The van der Waals surface area contributed by atoms with E-state index in [0.29, 0.717) is 33.3 Å². The molecule has 5 nitrogen and oxygen atoms in total. The van der Waals surface area contributed by atoms with Gasteiger partial charge in [-0.05, 0) is 25.1 Å². The number of nitrogens with zero attached hydrogens (tertiary/aromatic N) is 2. The van der Waals surface area contributed by atoms with Gasteiger partial charge in [0.15, 0.2) is 0 Å². The van der Waals surface area contributed by atoms with Crippen LogP contribution in [0.25, 0.3) is 21.8 Å². The van der Waals surface area contributed by atoms with Gasteiger partial charge in [0.1, 0.15) is 22.1 Å². The molecule has 0 spiro atoms. The fourth-order valence-electron chi connectivity index (χ4n) is 2.68. The third kappa shape index (κ3) is 3.37. The highest BCUT2D eigenvalue weighted by molar-refractivity contribution is 7.13. The number of hydrogen-bond donors (Lipinski definition) is 1. The molecule has 0 radical (unpaired) electrons. The molecule has 2 heterocycles. The summed E-state index contributed by atoms with van der Waals surface area (Å²) in [5.74, 6) is -0.186. The van der Waals surface area contributed by atoms with Crippen molar-refractivity contribution in [3.05, 3.63) is 77.2 Å². The second-order valence-electron chi connectivity index (χ2n) is 5.81. The molecule has 2 aromatic carbocycles. The highest BCUT2D eigenvalue weighted by atomic mass is 32.1. The van der Waals surface area contributed by atoms with E-state index < -0.39 is 0 Å². The Hall–Kier alpha value is -3.32. The Morgan fingerprint density at radius 1 is 1.11 bits per heavy atom. The van der Waals surface area contributed by atoms with Gasteiger partial charge in [-0.15, -0.1) is 11.3 Å². The monoisotopic (exact) mass is 379 g/mol. The smallest absolute Gasteiger partial charge is 0.260 e. The second-order valence-corrected chi connectivity index (χ2v) is 6.67. The molecule has 0 atom stereocenters. The predicted octanol–water partition coefficient (Wildman–Crippen LogP) is 5.16. The minimum atomic E-state index is -0.317. The maximum absolute atomic E-state index is 14.0. The SMILES string of the molecule is Cc1oncc1C(=O)Nc1ccccc1-c1csc(-c2ccccc2F)n1. The molecule has 4 rings (SSSR count). The molecule has 2 aromatic heterocycles. The molecule has 0 bridgehead atoms. The van der Waals surface area contributed by atoms with Crippen molar-refractivity contribution in [3.63, 3.8) is 0 Å². The summed E-state index contributed by atoms with van der Waals surface area (Å²) in [5.41, 5.74) is 2.84. The summed E-state index contributed by atoms with van der Waals surface area (Å²) >= 11 is 1.35. The van der Waals surface area contributed by atoms with Gasteiger partial charge in [-0.2, -0.15) is 0 Å². The van der Waals surface area contributed by atoms with Crippen LogP contribution >= 0.6 is 11.3 Å². The van der Waals surface area contributed by atoms with Gasteiger partial charge in [-0.1, -0.05) is 35.5 Å². The van der Waals surface area contributed by atoms with Crippen LogP contribution in [0, 0.1) is 12.7 Å². The number of carbonyl (C=O) groups is 1. The van der Waals surface area contributed by atoms with Crippen molar-refractivity contribution in [2.75, 3.05) is 5.32 Å². The van der Waals surface area contributed by atoms with Crippen LogP contribution in [0.3, 0.4) is 0 Å². The number of anilines is 1. The van der Waals surface area contributed by atoms with Gasteiger partial charge in [0.2, 0.25) is 0 Å². The number of benzene rings is 2. The number of para-hydroxylation sites is 1. The van der Waals surface area contributed by atoms with Crippen LogP contribution in [0.1, 0.15) is 16.1 Å². The Bertz CT molecular complexity index is 1120. The molecule has 0 fully saturated rings. The third-order valence-corrected chi connectivity index (χ3v) is 4.93. The molecule has 0 aliphatic rings. The zero-order valence-corrected chi connectivity index (χ0v) is 15.1. The first kappa shape index (κ1) is 17.1. The van der Waals surface area contributed by atoms with Crippen molar-refractivity contribution in [3.8, 4) is 21.8 Å². The largest absolute Gasteiger partial charge is 0.361 e. The number of amides is 1. The maximum Gasteiger partial charge on any atom is 0.260 e. The van der Waals surface area contributed by atoms with Crippen molar-refractivity contribution < 1.29 is 13.7 Å². The Labute approximate surface area is 158 Å². The first-order valence-corrected chi connectivity index (χ1v) is 9.04. The van der Waals surface area contributed by atoms with Gasteiger partial charge in [0.05, 0.1) is 17.6 Å². The number of hydrogen-bond acceptors (Lipinski definition) is 5. The predicted molar refractivity (Wildman–Crippen MR) is 102 cm³/mol. The van der Waals surface area contributed by atoms with Crippen LogP contribution in [-0.4, -0.2) is 16.0 Å². The van der Waals surface area contributed by atoms with Crippen molar-refractivity contribution in [2.24, 2.45) is 0 Å². The van der Waals surface area contributed by atoms with Crippen molar-refractivity contribution in [1.29, 1.82) is 0 Å². The van der Waals surface area contributed by atoms with Gasteiger partial charge in [-0.25, -0.2) is 9.37 Å². The van der Waals surface area contributed by atoms with Crippen molar-refractivity contribution in [1.82, 2.24) is 10.1 Å². The molecule has 0 aliphatic carbocycles. The number of halogens is 1. The molecule has 1 amide bonds. The third-order valence-electron chi connectivity index (χ3n) is 4.06. The van der Waals surface area contributed by atoms with E-state index in [2.05, 4.69) is 15.5 Å². The van der Waals surface area contributed by atoms with Gasteiger partial charge >= 0.3 is 0 Å². The van der Waals surface area contributed by atoms with E-state index >= 15 is 0 Å². The average Bonchev–Trinajstić information content (AvgIpc) is 3.32. The normalized spacial score (nSPS) is 10.7. The Morgan fingerprint density at radius 2 is 1.85 bits per heavy atom. The van der Waals surface area contributed by atoms with Crippen molar-refractivity contribution in [2.45, 2.75) is 6.92 Å². The van der Waals surface area contributed by atoms with E-state index in [1.54, 1.807) is 31.2 Å². The quantitative estimate of drug-likeness (QED) is 0.531. The molecule has 0 saturated heterocycles. The molecular weight excluding hydrogens is 365 g/mol. The summed E-state index contributed by atoms with van der Waals surface area (Å²) in [7, 11) is 0. The number of nitrogens with one attached hydrogen (secondary N) is 1. The number of aryl methyl sites for hydroxylation is 1. The molecule has 4 aromatic rings. The van der Waals surface area contributed by atoms with E-state index in [-0.39, 0.29) is 11.7 Å². The van der Waals surface area contributed by atoms with E-state index in [1.807, 2.05) is 23.6 Å². The molecule has 134 valence electrons. The first-order chi connectivity index (χ1) is 13.1. The van der Waals surface area contributed by atoms with E-state index in [1.165, 1.54) is 23.6 Å². The molecule has 7 heteroatoms. The van der Waals surface area contributed by atoms with E-state index in [0.717, 1.165) is 5.56 Å². The summed E-state index contributed by atoms with van der Waals surface area (Å²) in [5, 5.41) is 8.92. The summed E-state index contributed by atoms with van der Waals surface area (Å²) in [4.78, 5) is 17.0. The Balaban J connectivity index is 1.67. The maximum atomic E-state index is 14.0. The van der Waals surface area contributed by atoms with Gasteiger partial charge in [0.25, 0.3) is 5.91 Å². The van der Waals surface area contributed by atoms with Crippen molar-refractivity contribution >= 4 is 22.9 Å². The van der Waals surface area contributed by atoms with Gasteiger partial charge in [-0.3, -0.25) is 4.79 Å². The summed E-state index contributed by atoms with van der Waals surface area (Å²) < 4.78 is 19.0. The Morgan fingerprint density at radius 3 is 2.59 bits per heavy atom. The van der Waals surface area contributed by atoms with E-state index in [4.69, 9.17) is 4.52 Å². The van der Waals surface area contributed by atoms with Crippen LogP contribution in [0.5, 0.6) is 0 Å². The lowest BCUT2D eigenvalue weighted by Crippen LogP contribution is -2.12. The highest BCUT2D eigenvalue weighted by Crippen LogP contribution is 2.33. The molecule has 0 saturated carbocycles. The molecular formula is C20H14FN3O2S. The number of thiazole rings is 1. The fourth-order valence-corrected chi connectivity index (χ4v) is 3.52. The van der Waals surface area contributed by atoms with E-state index in [9.17, 15) is 9.18 Å². The van der Waals surface area contributed by atoms with Crippen LogP contribution in [0.15, 0.2) is 64.6 Å². The summed E-state index contributed by atoms with van der Waals surface area (Å²) in [6, 6.07) is 13.8. The second kappa shape index (κ2) is 7.13. The Kier molecular flexibility index (Phi) is 4.52. The summed E-state index contributed by atoms with van der Waals surface area (Å²) in [6.07, 6.45) is 1.38. The van der Waals surface area contributed by atoms with Crippen LogP contribution in [-0.2, 0) is 0 Å². The molecule has 1 N–H and O–H groups in total. The zero-order valence-electron chi connectivity index (χ0n) is 14.3. The lowest BCUT2D eigenvalue weighted by molar-refractivity contribution is 0.102. The average molecular weight is 379 g/mol. The minimum absolute atomic E-state index is 0.314. The highest BCUT2D eigenvalue weighted by Gasteiger charge is 2.17. The standard InChI is InChI=1S/C20H14FN3O2S/c1-12-15(10-22-26-12)19(25)23-17-9-5-3-7-14(17)18-11-27-20(24-18)13-6-2-4-8-16(13)21/h2-11H,1H3,(H,23,25). The lowest BCUT2D eigenvalue weighted by atomic mass is 10.1. The number of carbonyl (C=O) groups excluding carboxylic acids is 1. The lowest BCUT2D eigenvalue weighted by Gasteiger charge is -2.09. The van der Waals surface area contributed by atoms with Gasteiger partial charge in [0, 0.05) is 16.5 Å². The fraction of sp³-hybridized carbons (Fsp3) is 0.0500. The zero-order chi connectivity index (χ0) is 18.8. The number of aromatic nitrogens is 2. The molecule has 27 heavy (non-hydrogen) atoms. The molecule has 0 aliphatic heterocycles. The molecule has 0 unspecified atom stereocenters. The minimum Gasteiger partial charge on any atom is -0.361 e. The van der Waals surface area contributed by atoms with Crippen LogP contribution in [0.2, 0.25) is 0 Å². The van der Waals surface area contributed by atoms with Crippen LogP contribution < -0.4 is 5.32 Å². The summed E-state index contributed by atoms with van der Waals surface area (Å²) in [6.45, 7) is 1.68. The van der Waals surface area contributed by atoms with Crippen LogP contribution in [0.4, 0.5) is 10.1 Å². The first-order valence-electron chi connectivity index (χ1n) is 8.16. The topological polar surface area (TPSA) is 68.0 Å².